The predicted molar refractivity (Wildman–Crippen MR) is 66.6 cm³/mol. The summed E-state index contributed by atoms with van der Waals surface area (Å²) in [7, 11) is 0. The van der Waals surface area contributed by atoms with Gasteiger partial charge in [-0.3, -0.25) is 9.59 Å². The zero-order valence-electron chi connectivity index (χ0n) is 11.6. The van der Waals surface area contributed by atoms with Crippen LogP contribution >= 0.6 is 0 Å². The average Bonchev–Trinajstić information content (AvgIpc) is 3.21. The van der Waals surface area contributed by atoms with Crippen molar-refractivity contribution < 1.29 is 28.5 Å². The zero-order chi connectivity index (χ0) is 14.1. The summed E-state index contributed by atoms with van der Waals surface area (Å²) in [4.78, 5) is 23.6. The van der Waals surface area contributed by atoms with Gasteiger partial charge in [-0.05, 0) is 26.7 Å². The van der Waals surface area contributed by atoms with E-state index in [0.29, 0.717) is 39.3 Å². The molecular weight excluding hydrogens is 252 g/mol. The summed E-state index contributed by atoms with van der Waals surface area (Å²) in [6, 6.07) is 0. The molecule has 0 atom stereocenters. The molecule has 6 nitrogen and oxygen atoms in total. The van der Waals surface area contributed by atoms with Gasteiger partial charge < -0.3 is 18.9 Å². The van der Waals surface area contributed by atoms with Gasteiger partial charge in [-0.2, -0.15) is 0 Å². The van der Waals surface area contributed by atoms with Crippen molar-refractivity contribution in [1.29, 1.82) is 0 Å². The van der Waals surface area contributed by atoms with E-state index in [-0.39, 0.29) is 13.2 Å². The molecule has 1 rings (SSSR count). The molecular formula is C13H22O6. The van der Waals surface area contributed by atoms with Crippen LogP contribution in [0.5, 0.6) is 0 Å². The molecule has 1 aliphatic rings. The number of ether oxygens (including phenoxy) is 4. The quantitative estimate of drug-likeness (QED) is 0.335. The van der Waals surface area contributed by atoms with Crippen LogP contribution in [0.3, 0.4) is 0 Å². The van der Waals surface area contributed by atoms with Gasteiger partial charge >= 0.3 is 11.9 Å². The third-order valence-electron chi connectivity index (χ3n) is 2.86. The van der Waals surface area contributed by atoms with Crippen LogP contribution in [0.15, 0.2) is 0 Å². The molecule has 0 N–H and O–H groups in total. The Bertz CT molecular complexity index is 272. The highest BCUT2D eigenvalue weighted by molar-refractivity contribution is 6.03. The molecule has 0 aromatic rings. The van der Waals surface area contributed by atoms with Gasteiger partial charge in [0.2, 0.25) is 0 Å². The molecule has 6 heteroatoms. The SMILES string of the molecule is CCOCCOC(=O)C1(C(=O)OCCOCC)CC1. The number of carbonyl (C=O) groups is 2. The Morgan fingerprint density at radius 1 is 0.842 bits per heavy atom. The fraction of sp³-hybridized carbons (Fsp3) is 0.846. The Morgan fingerprint density at radius 2 is 1.26 bits per heavy atom. The summed E-state index contributed by atoms with van der Waals surface area (Å²) in [5.74, 6) is -1.01. The van der Waals surface area contributed by atoms with Gasteiger partial charge in [0.05, 0.1) is 13.2 Å². The Balaban J connectivity index is 2.26. The lowest BCUT2D eigenvalue weighted by atomic mass is 10.1. The lowest BCUT2D eigenvalue weighted by Gasteiger charge is -2.13. The molecule has 0 aliphatic heterocycles. The van der Waals surface area contributed by atoms with Crippen molar-refractivity contribution in [2.75, 3.05) is 39.6 Å². The maximum absolute atomic E-state index is 11.8. The van der Waals surface area contributed by atoms with E-state index >= 15 is 0 Å². The monoisotopic (exact) mass is 274 g/mol. The predicted octanol–water partition coefficient (Wildman–Crippen LogP) is 0.926. The lowest BCUT2D eigenvalue weighted by Crippen LogP contribution is -2.31. The standard InChI is InChI=1S/C13H22O6/c1-3-16-7-9-18-11(14)13(5-6-13)12(15)19-10-8-17-4-2/h3-10H2,1-2H3. The van der Waals surface area contributed by atoms with Gasteiger partial charge in [-0.1, -0.05) is 0 Å². The van der Waals surface area contributed by atoms with Crippen LogP contribution in [0.4, 0.5) is 0 Å². The number of carbonyl (C=O) groups excluding carboxylic acids is 2. The molecule has 19 heavy (non-hydrogen) atoms. The van der Waals surface area contributed by atoms with Crippen molar-refractivity contribution in [1.82, 2.24) is 0 Å². The second-order valence-corrected chi connectivity index (χ2v) is 4.25. The zero-order valence-corrected chi connectivity index (χ0v) is 11.6. The maximum atomic E-state index is 11.8. The van der Waals surface area contributed by atoms with E-state index in [2.05, 4.69) is 0 Å². The van der Waals surface area contributed by atoms with Crippen molar-refractivity contribution in [3.63, 3.8) is 0 Å². The van der Waals surface area contributed by atoms with Crippen LogP contribution < -0.4 is 0 Å². The van der Waals surface area contributed by atoms with Gasteiger partial charge in [-0.25, -0.2) is 0 Å². The number of hydrogen-bond acceptors (Lipinski definition) is 6. The topological polar surface area (TPSA) is 71.1 Å². The minimum absolute atomic E-state index is 0.167. The Kier molecular flexibility index (Phi) is 6.80. The molecule has 0 amide bonds. The van der Waals surface area contributed by atoms with Crippen LogP contribution in [-0.4, -0.2) is 51.6 Å². The Labute approximate surface area is 113 Å². The fourth-order valence-electron chi connectivity index (χ4n) is 1.57. The number of hydrogen-bond donors (Lipinski definition) is 0. The van der Waals surface area contributed by atoms with Gasteiger partial charge in [0.15, 0.2) is 5.41 Å². The number of esters is 2. The van der Waals surface area contributed by atoms with Crippen LogP contribution in [-0.2, 0) is 28.5 Å². The van der Waals surface area contributed by atoms with Crippen LogP contribution in [0.1, 0.15) is 26.7 Å². The molecule has 0 aromatic carbocycles. The van der Waals surface area contributed by atoms with Crippen molar-refractivity contribution >= 4 is 11.9 Å². The van der Waals surface area contributed by atoms with Gasteiger partial charge in [0.25, 0.3) is 0 Å². The third kappa shape index (κ3) is 4.80. The molecule has 0 bridgehead atoms. The van der Waals surface area contributed by atoms with Gasteiger partial charge in [0.1, 0.15) is 13.2 Å². The summed E-state index contributed by atoms with van der Waals surface area (Å²) in [6.07, 6.45) is 0.988. The molecule has 0 heterocycles. The summed E-state index contributed by atoms with van der Waals surface area (Å²) in [5.41, 5.74) is -1.07. The largest absolute Gasteiger partial charge is 0.462 e. The van der Waals surface area contributed by atoms with E-state index in [0.717, 1.165) is 0 Å². The Morgan fingerprint density at radius 3 is 1.58 bits per heavy atom. The van der Waals surface area contributed by atoms with Crippen LogP contribution in [0.25, 0.3) is 0 Å². The van der Waals surface area contributed by atoms with E-state index in [9.17, 15) is 9.59 Å². The highest BCUT2D eigenvalue weighted by Gasteiger charge is 2.59. The lowest BCUT2D eigenvalue weighted by molar-refractivity contribution is -0.166. The first-order valence-electron chi connectivity index (χ1n) is 6.67. The summed E-state index contributed by atoms with van der Waals surface area (Å²) in [5, 5.41) is 0. The summed E-state index contributed by atoms with van der Waals surface area (Å²) < 4.78 is 20.2. The van der Waals surface area contributed by atoms with Crippen LogP contribution in [0.2, 0.25) is 0 Å². The summed E-state index contributed by atoms with van der Waals surface area (Å²) in [6.45, 7) is 5.89. The molecule has 1 fully saturated rings. The normalized spacial score (nSPS) is 15.9. The van der Waals surface area contributed by atoms with E-state index in [1.807, 2.05) is 13.8 Å². The third-order valence-corrected chi connectivity index (χ3v) is 2.86. The highest BCUT2D eigenvalue weighted by atomic mass is 16.6. The second kappa shape index (κ2) is 8.12. The van der Waals surface area contributed by atoms with E-state index in [1.165, 1.54) is 0 Å². The summed E-state index contributed by atoms with van der Waals surface area (Å²) >= 11 is 0. The minimum atomic E-state index is -1.07. The van der Waals surface area contributed by atoms with E-state index in [1.54, 1.807) is 0 Å². The van der Waals surface area contributed by atoms with E-state index in [4.69, 9.17) is 18.9 Å². The minimum Gasteiger partial charge on any atom is -0.462 e. The van der Waals surface area contributed by atoms with Crippen molar-refractivity contribution in [3.8, 4) is 0 Å². The molecule has 110 valence electrons. The molecule has 0 radical (unpaired) electrons. The molecule has 0 spiro atoms. The molecule has 0 saturated heterocycles. The smallest absolute Gasteiger partial charge is 0.323 e. The highest BCUT2D eigenvalue weighted by Crippen LogP contribution is 2.47. The van der Waals surface area contributed by atoms with Crippen molar-refractivity contribution in [2.45, 2.75) is 26.7 Å². The second-order valence-electron chi connectivity index (χ2n) is 4.25. The van der Waals surface area contributed by atoms with Gasteiger partial charge in [-0.15, -0.1) is 0 Å². The molecule has 1 aliphatic carbocycles. The first-order valence-corrected chi connectivity index (χ1v) is 6.67. The Hall–Kier alpha value is -1.14. The molecule has 0 unspecified atom stereocenters. The fourth-order valence-corrected chi connectivity index (χ4v) is 1.57. The first kappa shape index (κ1) is 15.9. The maximum Gasteiger partial charge on any atom is 0.323 e. The number of rotatable bonds is 10. The molecule has 0 aromatic heterocycles. The molecule has 1 saturated carbocycles. The van der Waals surface area contributed by atoms with Gasteiger partial charge in [0, 0.05) is 13.2 Å². The van der Waals surface area contributed by atoms with Crippen LogP contribution in [0, 0.1) is 5.41 Å². The van der Waals surface area contributed by atoms with E-state index < -0.39 is 17.4 Å². The average molecular weight is 274 g/mol. The first-order chi connectivity index (χ1) is 9.17. The van der Waals surface area contributed by atoms with Crippen molar-refractivity contribution in [2.24, 2.45) is 5.41 Å². The van der Waals surface area contributed by atoms with Crippen molar-refractivity contribution in [3.05, 3.63) is 0 Å².